The Balaban J connectivity index is 2.51. The molecule has 0 aromatic rings. The zero-order valence-electron chi connectivity index (χ0n) is 10.5. The van der Waals surface area contributed by atoms with Gasteiger partial charge >= 0.3 is 0 Å². The highest BCUT2D eigenvalue weighted by molar-refractivity contribution is 6.74. The van der Waals surface area contributed by atoms with E-state index in [0.29, 0.717) is 13.0 Å². The molecule has 88 valence electrons. The molecule has 1 saturated heterocycles. The molecular weight excluding hydrogens is 206 g/mol. The van der Waals surface area contributed by atoms with Gasteiger partial charge in [0.25, 0.3) is 0 Å². The normalized spacial score (nSPS) is 23.8. The molecule has 4 heteroatoms. The maximum absolute atomic E-state index is 11.0. The third-order valence-electron chi connectivity index (χ3n) is 3.49. The zero-order chi connectivity index (χ0) is 11.7. The van der Waals surface area contributed by atoms with Crippen LogP contribution in [0.2, 0.25) is 18.1 Å². The number of nitrogens with one attached hydrogen (secondary N) is 1. The number of amides is 1. The van der Waals surface area contributed by atoms with E-state index in [-0.39, 0.29) is 17.0 Å². The fourth-order valence-electron chi connectivity index (χ4n) is 1.40. The molecule has 0 aliphatic carbocycles. The third-order valence-corrected chi connectivity index (χ3v) is 8.02. The smallest absolute Gasteiger partial charge is 0.220 e. The fraction of sp³-hybridized carbons (Fsp3) is 0.909. The molecule has 0 radical (unpaired) electrons. The summed E-state index contributed by atoms with van der Waals surface area (Å²) in [4.78, 5) is 11.0. The van der Waals surface area contributed by atoms with Gasteiger partial charge in [-0.05, 0) is 24.6 Å². The summed E-state index contributed by atoms with van der Waals surface area (Å²) >= 11 is 0. The Labute approximate surface area is 93.7 Å². The van der Waals surface area contributed by atoms with E-state index in [4.69, 9.17) is 4.43 Å². The Bertz CT molecular complexity index is 235. The van der Waals surface area contributed by atoms with Crippen molar-refractivity contribution in [3.8, 4) is 0 Å². The number of hydrogen-bond acceptors (Lipinski definition) is 2. The molecular formula is C11H23NO2Si. The van der Waals surface area contributed by atoms with E-state index in [2.05, 4.69) is 39.2 Å². The minimum absolute atomic E-state index is 0.157. The Morgan fingerprint density at radius 3 is 2.40 bits per heavy atom. The van der Waals surface area contributed by atoms with Crippen LogP contribution < -0.4 is 5.32 Å². The second-order valence-corrected chi connectivity index (χ2v) is 10.6. The predicted molar refractivity (Wildman–Crippen MR) is 64.3 cm³/mol. The Morgan fingerprint density at radius 2 is 2.00 bits per heavy atom. The summed E-state index contributed by atoms with van der Waals surface area (Å²) in [6.07, 6.45) is 1.71. The Kier molecular flexibility index (Phi) is 3.61. The summed E-state index contributed by atoms with van der Waals surface area (Å²) in [6, 6.07) is 0. The van der Waals surface area contributed by atoms with E-state index >= 15 is 0 Å². The van der Waals surface area contributed by atoms with E-state index in [1.54, 1.807) is 0 Å². The fourth-order valence-corrected chi connectivity index (χ4v) is 2.79. The highest BCUT2D eigenvalue weighted by Gasteiger charge is 2.39. The molecule has 15 heavy (non-hydrogen) atoms. The standard InChI is InChI=1S/C11H23NO2Si/c1-11(2,3)15(4,5)14-9-6-7-10(13)12-8-9/h9H,6-8H2,1-5H3,(H,12,13). The molecule has 1 amide bonds. The van der Waals surface area contributed by atoms with Crippen LogP contribution in [0, 0.1) is 0 Å². The quantitative estimate of drug-likeness (QED) is 0.738. The monoisotopic (exact) mass is 229 g/mol. The van der Waals surface area contributed by atoms with Crippen molar-refractivity contribution in [1.29, 1.82) is 0 Å². The second kappa shape index (κ2) is 4.26. The van der Waals surface area contributed by atoms with Gasteiger partial charge in [0.05, 0.1) is 6.10 Å². The van der Waals surface area contributed by atoms with Crippen LogP contribution in [-0.2, 0) is 9.22 Å². The van der Waals surface area contributed by atoms with Gasteiger partial charge in [-0.25, -0.2) is 0 Å². The van der Waals surface area contributed by atoms with Crippen molar-refractivity contribution in [2.75, 3.05) is 6.54 Å². The first-order valence-corrected chi connectivity index (χ1v) is 8.58. The van der Waals surface area contributed by atoms with E-state index in [9.17, 15) is 4.79 Å². The van der Waals surface area contributed by atoms with Gasteiger partial charge in [0.1, 0.15) is 0 Å². The molecule has 0 bridgehead atoms. The van der Waals surface area contributed by atoms with Gasteiger partial charge in [-0.2, -0.15) is 0 Å². The highest BCUT2D eigenvalue weighted by atomic mass is 28.4. The van der Waals surface area contributed by atoms with E-state index < -0.39 is 8.32 Å². The van der Waals surface area contributed by atoms with Gasteiger partial charge in [0.2, 0.25) is 5.91 Å². The first-order valence-electron chi connectivity index (χ1n) is 5.67. The van der Waals surface area contributed by atoms with Gasteiger partial charge in [-0.3, -0.25) is 4.79 Å². The average molecular weight is 229 g/mol. The van der Waals surface area contributed by atoms with Gasteiger partial charge in [0, 0.05) is 13.0 Å². The second-order valence-electron chi connectivity index (χ2n) is 5.84. The largest absolute Gasteiger partial charge is 0.412 e. The minimum atomic E-state index is -1.67. The van der Waals surface area contributed by atoms with Gasteiger partial charge in [-0.1, -0.05) is 20.8 Å². The van der Waals surface area contributed by atoms with Crippen molar-refractivity contribution in [2.24, 2.45) is 0 Å². The highest BCUT2D eigenvalue weighted by Crippen LogP contribution is 2.37. The molecule has 0 aromatic heterocycles. The minimum Gasteiger partial charge on any atom is -0.412 e. The number of rotatable bonds is 2. The summed E-state index contributed by atoms with van der Waals surface area (Å²) in [7, 11) is -1.67. The zero-order valence-corrected chi connectivity index (χ0v) is 11.5. The lowest BCUT2D eigenvalue weighted by Crippen LogP contribution is -2.49. The first-order chi connectivity index (χ1) is 6.72. The molecule has 3 nitrogen and oxygen atoms in total. The molecule has 1 aliphatic rings. The third kappa shape index (κ3) is 3.31. The molecule has 0 aromatic carbocycles. The van der Waals surface area contributed by atoms with Crippen LogP contribution in [0.25, 0.3) is 0 Å². The van der Waals surface area contributed by atoms with Crippen LogP contribution in [-0.4, -0.2) is 26.9 Å². The van der Waals surface area contributed by atoms with E-state index in [1.165, 1.54) is 0 Å². The van der Waals surface area contributed by atoms with Gasteiger partial charge in [0.15, 0.2) is 8.32 Å². The molecule has 1 fully saturated rings. The Morgan fingerprint density at radius 1 is 1.40 bits per heavy atom. The molecule has 1 unspecified atom stereocenters. The van der Waals surface area contributed by atoms with Crippen LogP contribution >= 0.6 is 0 Å². The van der Waals surface area contributed by atoms with Crippen molar-refractivity contribution < 1.29 is 9.22 Å². The molecule has 0 spiro atoms. The van der Waals surface area contributed by atoms with Crippen molar-refractivity contribution in [3.05, 3.63) is 0 Å². The van der Waals surface area contributed by atoms with Crippen molar-refractivity contribution >= 4 is 14.2 Å². The molecule has 1 N–H and O–H groups in total. The van der Waals surface area contributed by atoms with Crippen LogP contribution in [0.1, 0.15) is 33.6 Å². The summed E-state index contributed by atoms with van der Waals surface area (Å²) in [6.45, 7) is 11.9. The van der Waals surface area contributed by atoms with Crippen LogP contribution in [0.5, 0.6) is 0 Å². The summed E-state index contributed by atoms with van der Waals surface area (Å²) in [5, 5.41) is 3.11. The average Bonchev–Trinajstić information content (AvgIpc) is 2.06. The maximum atomic E-state index is 11.0. The van der Waals surface area contributed by atoms with Crippen molar-refractivity contribution in [1.82, 2.24) is 5.32 Å². The topological polar surface area (TPSA) is 38.3 Å². The Hall–Kier alpha value is -0.353. The van der Waals surface area contributed by atoms with E-state index in [0.717, 1.165) is 6.42 Å². The number of carbonyl (C=O) groups is 1. The summed E-state index contributed by atoms with van der Waals surface area (Å²) in [5.41, 5.74) is 0. The van der Waals surface area contributed by atoms with Gasteiger partial charge in [-0.15, -0.1) is 0 Å². The molecule has 1 rings (SSSR count). The first kappa shape index (κ1) is 12.7. The lowest BCUT2D eigenvalue weighted by atomic mass is 10.1. The van der Waals surface area contributed by atoms with Gasteiger partial charge < -0.3 is 9.74 Å². The molecule has 1 atom stereocenters. The maximum Gasteiger partial charge on any atom is 0.220 e. The summed E-state index contributed by atoms with van der Waals surface area (Å²) < 4.78 is 6.22. The van der Waals surface area contributed by atoms with Crippen molar-refractivity contribution in [2.45, 2.75) is 57.8 Å². The van der Waals surface area contributed by atoms with Crippen LogP contribution in [0.4, 0.5) is 0 Å². The number of carbonyl (C=O) groups excluding carboxylic acids is 1. The molecule has 1 heterocycles. The van der Waals surface area contributed by atoms with E-state index in [1.807, 2.05) is 0 Å². The number of piperidine rings is 1. The SMILES string of the molecule is CC(C)(C)[Si](C)(C)OC1CCC(=O)NC1. The summed E-state index contributed by atoms with van der Waals surface area (Å²) in [5.74, 6) is 0.157. The lowest BCUT2D eigenvalue weighted by Gasteiger charge is -2.40. The van der Waals surface area contributed by atoms with Crippen LogP contribution in [0.15, 0.2) is 0 Å². The molecule has 1 aliphatic heterocycles. The van der Waals surface area contributed by atoms with Crippen LogP contribution in [0.3, 0.4) is 0 Å². The lowest BCUT2D eigenvalue weighted by molar-refractivity contribution is -0.123. The van der Waals surface area contributed by atoms with Crippen molar-refractivity contribution in [3.63, 3.8) is 0 Å². The number of hydrogen-bond donors (Lipinski definition) is 1. The molecule has 0 saturated carbocycles. The predicted octanol–water partition coefficient (Wildman–Crippen LogP) is 2.29.